The van der Waals surface area contributed by atoms with Crippen LogP contribution in [0.3, 0.4) is 0 Å². The SMILES string of the molecule is CN(C)[C@]1(c2ccccc2)CC[C@]2(CCN(C(=O)C(C)(C)C(N)=O)C2)CC1. The Balaban J connectivity index is 1.74. The molecule has 1 aromatic rings. The normalized spacial score (nSPS) is 28.7. The van der Waals surface area contributed by atoms with Crippen molar-refractivity contribution in [1.82, 2.24) is 9.80 Å². The lowest BCUT2D eigenvalue weighted by atomic mass is 9.64. The van der Waals surface area contributed by atoms with Gasteiger partial charge in [0.1, 0.15) is 5.41 Å². The highest BCUT2D eigenvalue weighted by Crippen LogP contribution is 2.52. The van der Waals surface area contributed by atoms with Crippen molar-refractivity contribution in [2.75, 3.05) is 27.2 Å². The number of hydrogen-bond donors (Lipinski definition) is 1. The van der Waals surface area contributed by atoms with Crippen molar-refractivity contribution in [3.8, 4) is 0 Å². The van der Waals surface area contributed by atoms with Crippen LogP contribution >= 0.6 is 0 Å². The molecule has 1 aliphatic heterocycles. The van der Waals surface area contributed by atoms with E-state index in [0.29, 0.717) is 0 Å². The average Bonchev–Trinajstić information content (AvgIpc) is 3.06. The number of carbonyl (C=O) groups excluding carboxylic acids is 2. The van der Waals surface area contributed by atoms with Crippen LogP contribution in [0, 0.1) is 10.8 Å². The second-order valence-electron chi connectivity index (χ2n) is 9.26. The zero-order valence-electron chi connectivity index (χ0n) is 17.1. The predicted molar refractivity (Wildman–Crippen MR) is 107 cm³/mol. The van der Waals surface area contributed by atoms with E-state index >= 15 is 0 Å². The van der Waals surface area contributed by atoms with E-state index in [1.807, 2.05) is 4.90 Å². The lowest BCUT2D eigenvalue weighted by molar-refractivity contribution is -0.146. The standard InChI is InChI=1S/C22H33N3O2/c1-20(2,18(23)26)19(27)25-15-14-21(16-25)10-12-22(13-11-21,24(3)4)17-8-6-5-7-9-17/h5-9H,10-16H2,1-4H3,(H2,23,26)/t21-,22-. The molecule has 1 aromatic carbocycles. The maximum atomic E-state index is 12.8. The van der Waals surface area contributed by atoms with Crippen LogP contribution < -0.4 is 5.73 Å². The Morgan fingerprint density at radius 3 is 2.15 bits per heavy atom. The van der Waals surface area contributed by atoms with E-state index in [0.717, 1.165) is 45.2 Å². The lowest BCUT2D eigenvalue weighted by Crippen LogP contribution is -2.49. The number of amides is 2. The summed E-state index contributed by atoms with van der Waals surface area (Å²) in [6.07, 6.45) is 5.39. The predicted octanol–water partition coefficient (Wildman–Crippen LogP) is 2.75. The molecule has 2 aliphatic rings. The van der Waals surface area contributed by atoms with Gasteiger partial charge in [-0.3, -0.25) is 14.5 Å². The molecule has 1 spiro atoms. The minimum absolute atomic E-state index is 0.0659. The zero-order chi connectivity index (χ0) is 19.9. The molecule has 2 N–H and O–H groups in total. The van der Waals surface area contributed by atoms with Crippen LogP contribution in [0.25, 0.3) is 0 Å². The van der Waals surface area contributed by atoms with E-state index < -0.39 is 11.3 Å². The summed E-state index contributed by atoms with van der Waals surface area (Å²) >= 11 is 0. The molecule has 0 unspecified atom stereocenters. The summed E-state index contributed by atoms with van der Waals surface area (Å²) in [4.78, 5) is 28.7. The number of hydrogen-bond acceptors (Lipinski definition) is 3. The Hall–Kier alpha value is -1.88. The molecule has 27 heavy (non-hydrogen) atoms. The number of benzene rings is 1. The first-order chi connectivity index (χ1) is 12.6. The summed E-state index contributed by atoms with van der Waals surface area (Å²) in [5.74, 6) is -0.674. The molecule has 1 aliphatic carbocycles. The molecule has 2 fully saturated rings. The first-order valence-electron chi connectivity index (χ1n) is 9.95. The van der Waals surface area contributed by atoms with Crippen LogP contribution in [-0.2, 0) is 15.1 Å². The Labute approximate surface area is 162 Å². The maximum absolute atomic E-state index is 12.8. The van der Waals surface area contributed by atoms with Crippen molar-refractivity contribution in [2.24, 2.45) is 16.6 Å². The quantitative estimate of drug-likeness (QED) is 0.828. The first-order valence-corrected chi connectivity index (χ1v) is 9.95. The van der Waals surface area contributed by atoms with Gasteiger partial charge in [0.05, 0.1) is 0 Å². The van der Waals surface area contributed by atoms with Crippen molar-refractivity contribution in [1.29, 1.82) is 0 Å². The van der Waals surface area contributed by atoms with E-state index in [1.165, 1.54) is 5.56 Å². The summed E-state index contributed by atoms with van der Waals surface area (Å²) in [6, 6.07) is 10.8. The van der Waals surface area contributed by atoms with Crippen molar-refractivity contribution in [2.45, 2.75) is 51.5 Å². The smallest absolute Gasteiger partial charge is 0.237 e. The zero-order valence-corrected chi connectivity index (χ0v) is 17.1. The van der Waals surface area contributed by atoms with Gasteiger partial charge in [-0.25, -0.2) is 0 Å². The van der Waals surface area contributed by atoms with Gasteiger partial charge in [-0.05, 0) is 71.0 Å². The van der Waals surface area contributed by atoms with Gasteiger partial charge in [0.15, 0.2) is 0 Å². The maximum Gasteiger partial charge on any atom is 0.237 e. The van der Waals surface area contributed by atoms with Gasteiger partial charge in [0.2, 0.25) is 11.8 Å². The monoisotopic (exact) mass is 371 g/mol. The second-order valence-corrected chi connectivity index (χ2v) is 9.26. The fraction of sp³-hybridized carbons (Fsp3) is 0.636. The molecule has 1 saturated heterocycles. The lowest BCUT2D eigenvalue weighted by Gasteiger charge is -2.49. The highest BCUT2D eigenvalue weighted by atomic mass is 16.2. The van der Waals surface area contributed by atoms with Gasteiger partial charge in [-0.1, -0.05) is 30.3 Å². The third-order valence-corrected chi connectivity index (χ3v) is 7.18. The van der Waals surface area contributed by atoms with E-state index in [1.54, 1.807) is 13.8 Å². The Morgan fingerprint density at radius 1 is 1.04 bits per heavy atom. The first kappa shape index (κ1) is 19.9. The van der Waals surface area contributed by atoms with Crippen molar-refractivity contribution in [3.63, 3.8) is 0 Å². The third-order valence-electron chi connectivity index (χ3n) is 7.18. The van der Waals surface area contributed by atoms with E-state index in [2.05, 4.69) is 49.3 Å². The number of likely N-dealkylation sites (tertiary alicyclic amines) is 1. The van der Waals surface area contributed by atoms with Crippen molar-refractivity contribution < 1.29 is 9.59 Å². The van der Waals surface area contributed by atoms with Crippen molar-refractivity contribution >= 4 is 11.8 Å². The molecule has 3 rings (SSSR count). The molecule has 148 valence electrons. The second kappa shape index (κ2) is 6.93. The van der Waals surface area contributed by atoms with Crippen LogP contribution in [0.15, 0.2) is 30.3 Å². The molecule has 1 heterocycles. The summed E-state index contributed by atoms with van der Waals surface area (Å²) < 4.78 is 0. The summed E-state index contributed by atoms with van der Waals surface area (Å²) in [5, 5.41) is 0. The molecule has 2 amide bonds. The van der Waals surface area contributed by atoms with Gasteiger partial charge in [0.25, 0.3) is 0 Å². The Kier molecular flexibility index (Phi) is 5.10. The van der Waals surface area contributed by atoms with Gasteiger partial charge in [0, 0.05) is 18.6 Å². The van der Waals surface area contributed by atoms with Gasteiger partial charge >= 0.3 is 0 Å². The molecule has 0 atom stereocenters. The molecule has 1 saturated carbocycles. The molecular weight excluding hydrogens is 338 g/mol. The highest BCUT2D eigenvalue weighted by Gasteiger charge is 2.50. The third kappa shape index (κ3) is 3.38. The van der Waals surface area contributed by atoms with Crippen LogP contribution in [0.4, 0.5) is 0 Å². The van der Waals surface area contributed by atoms with Crippen molar-refractivity contribution in [3.05, 3.63) is 35.9 Å². The average molecular weight is 372 g/mol. The minimum atomic E-state index is -1.13. The highest BCUT2D eigenvalue weighted by molar-refractivity contribution is 6.03. The van der Waals surface area contributed by atoms with Crippen LogP contribution in [0.1, 0.15) is 51.5 Å². The van der Waals surface area contributed by atoms with Gasteiger partial charge < -0.3 is 10.6 Å². The molecular formula is C22H33N3O2. The number of nitrogens with two attached hydrogens (primary N) is 1. The largest absolute Gasteiger partial charge is 0.369 e. The van der Waals surface area contributed by atoms with Crippen LogP contribution in [0.5, 0.6) is 0 Å². The van der Waals surface area contributed by atoms with E-state index in [-0.39, 0.29) is 16.9 Å². The summed E-state index contributed by atoms with van der Waals surface area (Å²) in [5.41, 5.74) is 5.95. The number of primary amides is 1. The summed E-state index contributed by atoms with van der Waals surface area (Å²) in [6.45, 7) is 4.75. The van der Waals surface area contributed by atoms with E-state index in [4.69, 9.17) is 5.73 Å². The summed E-state index contributed by atoms with van der Waals surface area (Å²) in [7, 11) is 4.34. The van der Waals surface area contributed by atoms with Crippen LogP contribution in [-0.4, -0.2) is 48.8 Å². The molecule has 0 radical (unpaired) electrons. The molecule has 0 aromatic heterocycles. The van der Waals surface area contributed by atoms with Gasteiger partial charge in [-0.15, -0.1) is 0 Å². The minimum Gasteiger partial charge on any atom is -0.369 e. The Morgan fingerprint density at radius 2 is 1.63 bits per heavy atom. The fourth-order valence-electron chi connectivity index (χ4n) is 4.95. The number of carbonyl (C=O) groups is 2. The number of nitrogens with zero attached hydrogens (tertiary/aromatic N) is 2. The molecule has 0 bridgehead atoms. The van der Waals surface area contributed by atoms with Crippen LogP contribution in [0.2, 0.25) is 0 Å². The fourth-order valence-corrected chi connectivity index (χ4v) is 4.95. The molecule has 5 heteroatoms. The Bertz CT molecular complexity index is 704. The topological polar surface area (TPSA) is 66.6 Å². The van der Waals surface area contributed by atoms with Gasteiger partial charge in [-0.2, -0.15) is 0 Å². The molecule has 5 nitrogen and oxygen atoms in total. The van der Waals surface area contributed by atoms with E-state index in [9.17, 15) is 9.59 Å². The number of rotatable bonds is 4.